The summed E-state index contributed by atoms with van der Waals surface area (Å²) in [6.45, 7) is 1.62. The van der Waals surface area contributed by atoms with Gasteiger partial charge in [0, 0.05) is 32.5 Å². The Kier molecular flexibility index (Phi) is 3.66. The number of rotatable bonds is 5. The molecule has 1 aliphatic heterocycles. The summed E-state index contributed by atoms with van der Waals surface area (Å²) in [5.41, 5.74) is -0.668. The number of amides is 2. The molecule has 2 amide bonds. The number of carbonyl (C=O) groups is 2. The van der Waals surface area contributed by atoms with Crippen LogP contribution in [0.2, 0.25) is 0 Å². The number of likely N-dealkylation sites (tertiary alicyclic amines) is 1. The predicted molar refractivity (Wildman–Crippen MR) is 62.2 cm³/mol. The Morgan fingerprint density at radius 3 is 2.71 bits per heavy atom. The van der Waals surface area contributed by atoms with E-state index < -0.39 is 5.60 Å². The SMILES string of the molecule is O=C(CCN1CCCC1=O)NCC1(O)CCC1. The lowest BCUT2D eigenvalue weighted by Gasteiger charge is -2.36. The Morgan fingerprint density at radius 2 is 2.18 bits per heavy atom. The fourth-order valence-corrected chi connectivity index (χ4v) is 2.29. The van der Waals surface area contributed by atoms with Crippen LogP contribution in [0.25, 0.3) is 0 Å². The minimum absolute atomic E-state index is 0.0787. The zero-order valence-corrected chi connectivity index (χ0v) is 10.1. The van der Waals surface area contributed by atoms with E-state index >= 15 is 0 Å². The van der Waals surface area contributed by atoms with Gasteiger partial charge < -0.3 is 15.3 Å². The third-order valence-corrected chi connectivity index (χ3v) is 3.68. The lowest BCUT2D eigenvalue weighted by molar-refractivity contribution is -0.129. The predicted octanol–water partition coefficient (Wildman–Crippen LogP) is 0.0301. The average Bonchev–Trinajstić information content (AvgIpc) is 2.67. The van der Waals surface area contributed by atoms with E-state index in [2.05, 4.69) is 5.32 Å². The molecule has 0 aromatic heterocycles. The van der Waals surface area contributed by atoms with Crippen LogP contribution in [0.4, 0.5) is 0 Å². The molecule has 0 aromatic rings. The molecule has 2 N–H and O–H groups in total. The van der Waals surface area contributed by atoms with Crippen molar-refractivity contribution in [3.63, 3.8) is 0 Å². The highest BCUT2D eigenvalue weighted by Gasteiger charge is 2.34. The smallest absolute Gasteiger partial charge is 0.222 e. The van der Waals surface area contributed by atoms with E-state index in [4.69, 9.17) is 0 Å². The summed E-state index contributed by atoms with van der Waals surface area (Å²) in [5.74, 6) is 0.0699. The highest BCUT2D eigenvalue weighted by molar-refractivity contribution is 5.80. The van der Waals surface area contributed by atoms with Gasteiger partial charge in [-0.25, -0.2) is 0 Å². The van der Waals surface area contributed by atoms with Crippen molar-refractivity contribution in [3.8, 4) is 0 Å². The van der Waals surface area contributed by atoms with Crippen LogP contribution in [-0.2, 0) is 9.59 Å². The molecule has 2 rings (SSSR count). The highest BCUT2D eigenvalue weighted by atomic mass is 16.3. The fourth-order valence-electron chi connectivity index (χ4n) is 2.29. The van der Waals surface area contributed by atoms with Gasteiger partial charge in [0.1, 0.15) is 0 Å². The first kappa shape index (κ1) is 12.4. The molecule has 0 aromatic carbocycles. The van der Waals surface area contributed by atoms with Crippen LogP contribution >= 0.6 is 0 Å². The van der Waals surface area contributed by atoms with Crippen LogP contribution in [0, 0.1) is 0 Å². The summed E-state index contributed by atoms with van der Waals surface area (Å²) in [4.78, 5) is 24.6. The van der Waals surface area contributed by atoms with Crippen LogP contribution in [-0.4, -0.2) is 47.1 Å². The van der Waals surface area contributed by atoms with Gasteiger partial charge in [-0.05, 0) is 25.7 Å². The zero-order chi connectivity index (χ0) is 12.3. The fraction of sp³-hybridized carbons (Fsp3) is 0.833. The maximum Gasteiger partial charge on any atom is 0.222 e. The molecule has 0 atom stereocenters. The number of hydrogen-bond donors (Lipinski definition) is 2. The molecule has 1 saturated heterocycles. The normalized spacial score (nSPS) is 22.4. The standard InChI is InChI=1S/C12H20N2O3/c15-10(13-9-12(17)5-2-6-12)4-8-14-7-1-3-11(14)16/h17H,1-9H2,(H,13,15). The van der Waals surface area contributed by atoms with Crippen molar-refractivity contribution >= 4 is 11.8 Å². The van der Waals surface area contributed by atoms with Gasteiger partial charge in [0.05, 0.1) is 5.60 Å². The lowest BCUT2D eigenvalue weighted by atomic mass is 9.80. The lowest BCUT2D eigenvalue weighted by Crippen LogP contribution is -2.48. The van der Waals surface area contributed by atoms with Gasteiger partial charge in [-0.2, -0.15) is 0 Å². The Bertz CT molecular complexity index is 313. The summed E-state index contributed by atoms with van der Waals surface area (Å²) in [7, 11) is 0. The maximum atomic E-state index is 11.5. The third kappa shape index (κ3) is 3.19. The van der Waals surface area contributed by atoms with E-state index in [1.807, 2.05) is 0 Å². The highest BCUT2D eigenvalue weighted by Crippen LogP contribution is 2.30. The van der Waals surface area contributed by atoms with E-state index in [1.165, 1.54) is 0 Å². The number of aliphatic hydroxyl groups is 1. The molecule has 1 saturated carbocycles. The molecule has 96 valence electrons. The molecule has 0 unspecified atom stereocenters. The molecule has 2 aliphatic rings. The largest absolute Gasteiger partial charge is 0.388 e. The van der Waals surface area contributed by atoms with E-state index in [1.54, 1.807) is 4.90 Å². The molecule has 17 heavy (non-hydrogen) atoms. The Hall–Kier alpha value is -1.10. The van der Waals surface area contributed by atoms with Crippen molar-refractivity contribution in [2.45, 2.75) is 44.1 Å². The van der Waals surface area contributed by atoms with E-state index in [0.29, 0.717) is 25.9 Å². The van der Waals surface area contributed by atoms with Gasteiger partial charge in [0.15, 0.2) is 0 Å². The van der Waals surface area contributed by atoms with Crippen molar-refractivity contribution < 1.29 is 14.7 Å². The second-order valence-electron chi connectivity index (χ2n) is 5.09. The maximum absolute atomic E-state index is 11.5. The zero-order valence-electron chi connectivity index (χ0n) is 10.1. The van der Waals surface area contributed by atoms with Crippen LogP contribution in [0.1, 0.15) is 38.5 Å². The molecule has 0 bridgehead atoms. The molecule has 0 spiro atoms. The molecule has 2 fully saturated rings. The summed E-state index contributed by atoms with van der Waals surface area (Å²) >= 11 is 0. The second kappa shape index (κ2) is 5.04. The van der Waals surface area contributed by atoms with E-state index in [-0.39, 0.29) is 11.8 Å². The first-order chi connectivity index (χ1) is 8.09. The Morgan fingerprint density at radius 1 is 1.41 bits per heavy atom. The number of nitrogens with one attached hydrogen (secondary N) is 1. The first-order valence-electron chi connectivity index (χ1n) is 6.36. The van der Waals surface area contributed by atoms with Crippen molar-refractivity contribution in [3.05, 3.63) is 0 Å². The van der Waals surface area contributed by atoms with Crippen LogP contribution in [0.5, 0.6) is 0 Å². The van der Waals surface area contributed by atoms with Gasteiger partial charge in [-0.15, -0.1) is 0 Å². The summed E-state index contributed by atoms with van der Waals surface area (Å²) in [6, 6.07) is 0. The number of nitrogens with zero attached hydrogens (tertiary/aromatic N) is 1. The van der Waals surface area contributed by atoms with Gasteiger partial charge >= 0.3 is 0 Å². The molecule has 0 radical (unpaired) electrons. The molecule has 5 nitrogen and oxygen atoms in total. The second-order valence-corrected chi connectivity index (χ2v) is 5.09. The first-order valence-corrected chi connectivity index (χ1v) is 6.36. The van der Waals surface area contributed by atoms with E-state index in [0.717, 1.165) is 32.2 Å². The Labute approximate surface area is 101 Å². The minimum Gasteiger partial charge on any atom is -0.388 e. The Balaban J connectivity index is 1.62. The average molecular weight is 240 g/mol. The summed E-state index contributed by atoms with van der Waals surface area (Å²) in [5, 5.41) is 12.5. The van der Waals surface area contributed by atoms with Crippen molar-refractivity contribution in [1.82, 2.24) is 10.2 Å². The summed E-state index contributed by atoms with van der Waals surface area (Å²) in [6.07, 6.45) is 4.44. The number of carbonyl (C=O) groups excluding carboxylic acids is 2. The topological polar surface area (TPSA) is 69.6 Å². The summed E-state index contributed by atoms with van der Waals surface area (Å²) < 4.78 is 0. The van der Waals surface area contributed by atoms with E-state index in [9.17, 15) is 14.7 Å². The monoisotopic (exact) mass is 240 g/mol. The quantitative estimate of drug-likeness (QED) is 0.712. The van der Waals surface area contributed by atoms with Crippen LogP contribution in [0.15, 0.2) is 0 Å². The molecular weight excluding hydrogens is 220 g/mol. The molecular formula is C12H20N2O3. The van der Waals surface area contributed by atoms with Gasteiger partial charge in [0.2, 0.25) is 11.8 Å². The van der Waals surface area contributed by atoms with Crippen molar-refractivity contribution in [2.24, 2.45) is 0 Å². The van der Waals surface area contributed by atoms with Gasteiger partial charge in [-0.1, -0.05) is 0 Å². The van der Waals surface area contributed by atoms with Crippen molar-refractivity contribution in [2.75, 3.05) is 19.6 Å². The third-order valence-electron chi connectivity index (χ3n) is 3.68. The minimum atomic E-state index is -0.668. The van der Waals surface area contributed by atoms with Crippen LogP contribution in [0.3, 0.4) is 0 Å². The molecule has 1 aliphatic carbocycles. The van der Waals surface area contributed by atoms with Gasteiger partial charge in [-0.3, -0.25) is 9.59 Å². The number of hydrogen-bond acceptors (Lipinski definition) is 3. The van der Waals surface area contributed by atoms with Gasteiger partial charge in [0.25, 0.3) is 0 Å². The van der Waals surface area contributed by atoms with Crippen molar-refractivity contribution in [1.29, 1.82) is 0 Å². The molecule has 1 heterocycles. The van der Waals surface area contributed by atoms with Crippen LogP contribution < -0.4 is 5.32 Å². The molecule has 5 heteroatoms.